The number of hydrogen-bond acceptors (Lipinski definition) is 5. The van der Waals surface area contributed by atoms with Gasteiger partial charge >= 0.3 is 0 Å². The van der Waals surface area contributed by atoms with E-state index in [4.69, 9.17) is 15.2 Å². The van der Waals surface area contributed by atoms with Gasteiger partial charge in [-0.15, -0.1) is 5.10 Å². The average Bonchev–Trinajstić information content (AvgIpc) is 2.42. The van der Waals surface area contributed by atoms with Crippen LogP contribution in [-0.2, 0) is 0 Å². The molecule has 7 heteroatoms. The molecule has 110 valence electrons. The molecule has 0 aliphatic carbocycles. The normalized spacial score (nSPS) is 11.9. The van der Waals surface area contributed by atoms with Crippen LogP contribution in [0.1, 0.15) is 19.4 Å². The fourth-order valence-corrected chi connectivity index (χ4v) is 2.11. The van der Waals surface area contributed by atoms with Crippen molar-refractivity contribution in [3.63, 3.8) is 0 Å². The Morgan fingerprint density at radius 2 is 2.05 bits per heavy atom. The minimum Gasteiger partial charge on any atom is -0.490 e. The zero-order valence-corrected chi connectivity index (χ0v) is 14.1. The molecular weight excluding hydrogens is 342 g/mol. The number of rotatable bonds is 6. The summed E-state index contributed by atoms with van der Waals surface area (Å²) in [5.41, 5.74) is 6.40. The smallest absolute Gasteiger partial charge is 0.180 e. The van der Waals surface area contributed by atoms with Gasteiger partial charge in [-0.25, -0.2) is 0 Å². The molecule has 0 atom stereocenters. The molecule has 1 aromatic carbocycles. The Morgan fingerprint density at radius 3 is 2.65 bits per heavy atom. The van der Waals surface area contributed by atoms with Crippen molar-refractivity contribution in [3.05, 3.63) is 22.2 Å². The molecule has 0 aromatic heterocycles. The van der Waals surface area contributed by atoms with Crippen molar-refractivity contribution < 1.29 is 9.47 Å². The first-order valence-corrected chi connectivity index (χ1v) is 8.13. The molecule has 1 rings (SSSR count). The number of ether oxygens (including phenoxy) is 2. The predicted molar refractivity (Wildman–Crippen MR) is 89.2 cm³/mol. The van der Waals surface area contributed by atoms with E-state index in [-0.39, 0.29) is 0 Å². The van der Waals surface area contributed by atoms with Crippen LogP contribution in [0.25, 0.3) is 0 Å². The van der Waals surface area contributed by atoms with E-state index in [1.807, 2.05) is 32.2 Å². The number of nitrogens with zero attached hydrogens (tertiary/aromatic N) is 2. The van der Waals surface area contributed by atoms with Gasteiger partial charge in [0.15, 0.2) is 16.7 Å². The molecule has 0 saturated carbocycles. The SMILES string of the molecule is CCOc1cc(/C=N\N=C(/N)SC)cc(Br)c1OCC. The zero-order chi connectivity index (χ0) is 15.0. The van der Waals surface area contributed by atoms with Crippen molar-refractivity contribution in [2.45, 2.75) is 13.8 Å². The molecule has 0 saturated heterocycles. The highest BCUT2D eigenvalue weighted by molar-refractivity contribution is 9.10. The summed E-state index contributed by atoms with van der Waals surface area (Å²) < 4.78 is 12.0. The topological polar surface area (TPSA) is 69.2 Å². The highest BCUT2D eigenvalue weighted by atomic mass is 79.9. The van der Waals surface area contributed by atoms with Gasteiger partial charge in [0.05, 0.1) is 23.9 Å². The monoisotopic (exact) mass is 359 g/mol. The minimum absolute atomic E-state index is 0.413. The molecule has 0 spiro atoms. The number of thioether (sulfide) groups is 1. The van der Waals surface area contributed by atoms with Crippen LogP contribution >= 0.6 is 27.7 Å². The first kappa shape index (κ1) is 16.8. The van der Waals surface area contributed by atoms with Crippen LogP contribution in [-0.4, -0.2) is 30.9 Å². The summed E-state index contributed by atoms with van der Waals surface area (Å²) in [7, 11) is 0. The van der Waals surface area contributed by atoms with Crippen molar-refractivity contribution in [1.29, 1.82) is 0 Å². The summed E-state index contributed by atoms with van der Waals surface area (Å²) in [4.78, 5) is 0. The van der Waals surface area contributed by atoms with Crippen molar-refractivity contribution in [3.8, 4) is 11.5 Å². The molecule has 0 aliphatic rings. The van der Waals surface area contributed by atoms with E-state index in [1.54, 1.807) is 6.21 Å². The van der Waals surface area contributed by atoms with E-state index in [1.165, 1.54) is 11.8 Å². The molecule has 0 radical (unpaired) electrons. The third-order valence-electron chi connectivity index (χ3n) is 2.19. The van der Waals surface area contributed by atoms with Crippen LogP contribution in [0.2, 0.25) is 0 Å². The zero-order valence-electron chi connectivity index (χ0n) is 11.7. The van der Waals surface area contributed by atoms with Crippen LogP contribution in [0.3, 0.4) is 0 Å². The van der Waals surface area contributed by atoms with Gasteiger partial charge in [0.2, 0.25) is 0 Å². The Kier molecular flexibility index (Phi) is 7.46. The summed E-state index contributed by atoms with van der Waals surface area (Å²) >= 11 is 4.82. The van der Waals surface area contributed by atoms with Gasteiger partial charge in [-0.1, -0.05) is 11.8 Å². The van der Waals surface area contributed by atoms with Crippen molar-refractivity contribution >= 4 is 39.1 Å². The predicted octanol–water partition coefficient (Wildman–Crippen LogP) is 3.26. The van der Waals surface area contributed by atoms with Gasteiger partial charge in [0.1, 0.15) is 0 Å². The number of hydrogen-bond donors (Lipinski definition) is 1. The lowest BCUT2D eigenvalue weighted by atomic mass is 10.2. The fourth-order valence-electron chi connectivity index (χ4n) is 1.40. The molecule has 0 unspecified atom stereocenters. The van der Waals surface area contributed by atoms with Gasteiger partial charge in [-0.05, 0) is 53.7 Å². The van der Waals surface area contributed by atoms with Gasteiger partial charge in [0, 0.05) is 0 Å². The summed E-state index contributed by atoms with van der Waals surface area (Å²) in [6, 6.07) is 3.75. The molecular formula is C13H18BrN3O2S. The van der Waals surface area contributed by atoms with E-state index in [0.717, 1.165) is 10.0 Å². The van der Waals surface area contributed by atoms with E-state index < -0.39 is 0 Å². The summed E-state index contributed by atoms with van der Waals surface area (Å²) in [5, 5.41) is 8.18. The summed E-state index contributed by atoms with van der Waals surface area (Å²) in [5.74, 6) is 1.37. The second-order valence-electron chi connectivity index (χ2n) is 3.58. The average molecular weight is 360 g/mol. The lowest BCUT2D eigenvalue weighted by Crippen LogP contribution is -2.04. The van der Waals surface area contributed by atoms with Crippen LogP contribution in [0, 0.1) is 0 Å². The van der Waals surface area contributed by atoms with E-state index in [9.17, 15) is 0 Å². The second-order valence-corrected chi connectivity index (χ2v) is 5.26. The van der Waals surface area contributed by atoms with E-state index >= 15 is 0 Å². The second kappa shape index (κ2) is 8.86. The lowest BCUT2D eigenvalue weighted by Gasteiger charge is -2.13. The number of benzene rings is 1. The highest BCUT2D eigenvalue weighted by Gasteiger charge is 2.11. The van der Waals surface area contributed by atoms with Crippen molar-refractivity contribution in [1.82, 2.24) is 0 Å². The van der Waals surface area contributed by atoms with Gasteiger partial charge in [-0.3, -0.25) is 0 Å². The molecule has 2 N–H and O–H groups in total. The van der Waals surface area contributed by atoms with Crippen LogP contribution in [0.5, 0.6) is 11.5 Å². The Bertz CT molecular complexity index is 507. The van der Waals surface area contributed by atoms with Gasteiger partial charge in [-0.2, -0.15) is 5.10 Å². The highest BCUT2D eigenvalue weighted by Crippen LogP contribution is 2.36. The Balaban J connectivity index is 3.04. The van der Waals surface area contributed by atoms with Gasteiger partial charge in [0.25, 0.3) is 0 Å². The number of amidine groups is 1. The standard InChI is InChI=1S/C13H18BrN3O2S/c1-4-18-11-7-9(8-16-17-13(15)20-3)6-10(14)12(11)19-5-2/h6-8H,4-5H2,1-3H3,(H2,15,17)/b16-8-. The summed E-state index contributed by atoms with van der Waals surface area (Å²) in [6.07, 6.45) is 3.46. The molecule has 0 aliphatic heterocycles. The third kappa shape index (κ3) is 5.05. The molecule has 0 amide bonds. The maximum Gasteiger partial charge on any atom is 0.180 e. The van der Waals surface area contributed by atoms with E-state index in [0.29, 0.717) is 29.9 Å². The first-order chi connectivity index (χ1) is 9.62. The van der Waals surface area contributed by atoms with E-state index in [2.05, 4.69) is 26.1 Å². The maximum atomic E-state index is 5.58. The third-order valence-corrected chi connectivity index (χ3v) is 3.28. The largest absolute Gasteiger partial charge is 0.490 e. The van der Waals surface area contributed by atoms with Crippen molar-refractivity contribution in [2.24, 2.45) is 15.9 Å². The minimum atomic E-state index is 0.413. The Hall–Kier alpha value is -1.21. The molecule has 0 heterocycles. The quantitative estimate of drug-likeness (QED) is 0.480. The van der Waals surface area contributed by atoms with Crippen molar-refractivity contribution in [2.75, 3.05) is 19.5 Å². The van der Waals surface area contributed by atoms with Crippen LogP contribution < -0.4 is 15.2 Å². The molecule has 1 aromatic rings. The fraction of sp³-hybridized carbons (Fsp3) is 0.385. The number of nitrogens with two attached hydrogens (primary N) is 1. The number of halogens is 1. The van der Waals surface area contributed by atoms with Crippen LogP contribution in [0.4, 0.5) is 0 Å². The first-order valence-electron chi connectivity index (χ1n) is 6.12. The maximum absolute atomic E-state index is 5.58. The summed E-state index contributed by atoms with van der Waals surface area (Å²) in [6.45, 7) is 4.98. The molecule has 20 heavy (non-hydrogen) atoms. The lowest BCUT2D eigenvalue weighted by molar-refractivity contribution is 0.286. The Morgan fingerprint density at radius 1 is 1.35 bits per heavy atom. The Labute approximate surface area is 131 Å². The molecule has 0 bridgehead atoms. The van der Waals surface area contributed by atoms with Gasteiger partial charge < -0.3 is 15.2 Å². The van der Waals surface area contributed by atoms with Crippen LogP contribution in [0.15, 0.2) is 26.8 Å². The molecule has 5 nitrogen and oxygen atoms in total. The molecule has 0 fully saturated rings.